The van der Waals surface area contributed by atoms with Crippen LogP contribution in [0.3, 0.4) is 0 Å². The summed E-state index contributed by atoms with van der Waals surface area (Å²) >= 11 is 0.753. The van der Waals surface area contributed by atoms with Crippen molar-refractivity contribution in [1.82, 2.24) is 15.5 Å². The third-order valence-electron chi connectivity index (χ3n) is 3.45. The van der Waals surface area contributed by atoms with Gasteiger partial charge in [0.25, 0.3) is 5.91 Å². The quantitative estimate of drug-likeness (QED) is 0.615. The maximum Gasteiger partial charge on any atom is 0.405 e. The fourth-order valence-electron chi connectivity index (χ4n) is 2.28. The Kier molecular flexibility index (Phi) is 5.55. The highest BCUT2D eigenvalue weighted by Gasteiger charge is 2.43. The maximum atomic E-state index is 13.2. The number of rotatable bonds is 5. The molecule has 1 amide bonds. The SMILES string of the molecule is O=C(NCC(N1CCNCC1)C(F)(F)F)c1csc([N+](=O)[O-])c1. The molecule has 1 fully saturated rings. The van der Waals surface area contributed by atoms with Gasteiger partial charge in [-0.25, -0.2) is 0 Å². The summed E-state index contributed by atoms with van der Waals surface area (Å²) in [6.45, 7) is 0.800. The molecule has 1 aromatic rings. The summed E-state index contributed by atoms with van der Waals surface area (Å²) in [5.74, 6) is -0.751. The van der Waals surface area contributed by atoms with Crippen LogP contribution in [-0.4, -0.2) is 60.7 Å². The van der Waals surface area contributed by atoms with Crippen LogP contribution in [0.2, 0.25) is 0 Å². The summed E-state index contributed by atoms with van der Waals surface area (Å²) in [5, 5.41) is 16.8. The van der Waals surface area contributed by atoms with Gasteiger partial charge in [0.2, 0.25) is 0 Å². The number of halogens is 3. The lowest BCUT2D eigenvalue weighted by molar-refractivity contribution is -0.380. The Morgan fingerprint density at radius 3 is 2.65 bits per heavy atom. The topological polar surface area (TPSA) is 87.5 Å². The molecule has 0 radical (unpaired) electrons. The molecule has 1 aliphatic heterocycles. The molecule has 0 aromatic carbocycles. The van der Waals surface area contributed by atoms with E-state index in [1.807, 2.05) is 0 Å². The van der Waals surface area contributed by atoms with Crippen LogP contribution >= 0.6 is 11.3 Å². The minimum atomic E-state index is -4.47. The van der Waals surface area contributed by atoms with Crippen LogP contribution in [0.4, 0.5) is 18.2 Å². The van der Waals surface area contributed by atoms with Crippen molar-refractivity contribution >= 4 is 22.2 Å². The lowest BCUT2D eigenvalue weighted by atomic mass is 10.2. The zero-order valence-corrected chi connectivity index (χ0v) is 12.7. The Hall–Kier alpha value is -1.72. The van der Waals surface area contributed by atoms with Gasteiger partial charge >= 0.3 is 11.2 Å². The molecule has 1 atom stereocenters. The summed E-state index contributed by atoms with van der Waals surface area (Å²) < 4.78 is 39.5. The number of carbonyl (C=O) groups is 1. The van der Waals surface area contributed by atoms with E-state index >= 15 is 0 Å². The van der Waals surface area contributed by atoms with E-state index in [9.17, 15) is 28.1 Å². The molecular formula is C12H15F3N4O3S. The molecule has 2 N–H and O–H groups in total. The number of alkyl halides is 3. The number of carbonyl (C=O) groups excluding carboxylic acids is 1. The third-order valence-corrected chi connectivity index (χ3v) is 4.33. The molecule has 128 valence electrons. The van der Waals surface area contributed by atoms with Gasteiger partial charge in [-0.3, -0.25) is 19.8 Å². The van der Waals surface area contributed by atoms with Crippen LogP contribution in [0.5, 0.6) is 0 Å². The van der Waals surface area contributed by atoms with E-state index < -0.39 is 29.6 Å². The fourth-order valence-corrected chi connectivity index (χ4v) is 2.98. The highest BCUT2D eigenvalue weighted by atomic mass is 32.1. The minimum absolute atomic E-state index is 0.0112. The molecule has 2 heterocycles. The molecule has 1 aliphatic rings. The molecule has 0 aliphatic carbocycles. The van der Waals surface area contributed by atoms with E-state index in [-0.39, 0.29) is 23.7 Å². The third kappa shape index (κ3) is 4.62. The van der Waals surface area contributed by atoms with E-state index in [4.69, 9.17) is 0 Å². The van der Waals surface area contributed by atoms with Crippen molar-refractivity contribution in [3.8, 4) is 0 Å². The number of hydrogen-bond donors (Lipinski definition) is 2. The minimum Gasteiger partial charge on any atom is -0.350 e. The van der Waals surface area contributed by atoms with Crippen LogP contribution in [0.25, 0.3) is 0 Å². The monoisotopic (exact) mass is 352 g/mol. The number of nitrogens with one attached hydrogen (secondary N) is 2. The van der Waals surface area contributed by atoms with Crippen molar-refractivity contribution in [2.75, 3.05) is 32.7 Å². The largest absolute Gasteiger partial charge is 0.405 e. The number of amides is 1. The molecule has 1 unspecified atom stereocenters. The summed E-state index contributed by atoms with van der Waals surface area (Å²) in [7, 11) is 0. The van der Waals surface area contributed by atoms with Crippen LogP contribution < -0.4 is 10.6 Å². The van der Waals surface area contributed by atoms with Crippen molar-refractivity contribution in [3.63, 3.8) is 0 Å². The van der Waals surface area contributed by atoms with Crippen LogP contribution in [0, 0.1) is 10.1 Å². The van der Waals surface area contributed by atoms with Crippen molar-refractivity contribution in [2.45, 2.75) is 12.2 Å². The first kappa shape index (κ1) is 17.6. The first-order valence-corrected chi connectivity index (χ1v) is 7.69. The predicted molar refractivity (Wildman–Crippen MR) is 77.6 cm³/mol. The van der Waals surface area contributed by atoms with Gasteiger partial charge < -0.3 is 10.6 Å². The number of piperazine rings is 1. The molecular weight excluding hydrogens is 337 g/mol. The highest BCUT2D eigenvalue weighted by molar-refractivity contribution is 7.13. The molecule has 0 saturated carbocycles. The van der Waals surface area contributed by atoms with Gasteiger partial charge in [-0.05, 0) is 0 Å². The van der Waals surface area contributed by atoms with Crippen molar-refractivity contribution in [1.29, 1.82) is 0 Å². The Balaban J connectivity index is 1.99. The summed E-state index contributed by atoms with van der Waals surface area (Å²) in [5.41, 5.74) is -0.0112. The normalized spacial score (nSPS) is 17.7. The Labute approximate surface area is 133 Å². The average Bonchev–Trinajstić information content (AvgIpc) is 2.97. The van der Waals surface area contributed by atoms with E-state index in [2.05, 4.69) is 10.6 Å². The van der Waals surface area contributed by atoms with Gasteiger partial charge in [-0.1, -0.05) is 11.3 Å². The molecule has 7 nitrogen and oxygen atoms in total. The lowest BCUT2D eigenvalue weighted by Crippen LogP contribution is -2.57. The van der Waals surface area contributed by atoms with Gasteiger partial charge in [0.05, 0.1) is 10.5 Å². The van der Waals surface area contributed by atoms with E-state index in [0.717, 1.165) is 17.4 Å². The zero-order valence-electron chi connectivity index (χ0n) is 11.9. The summed E-state index contributed by atoms with van der Waals surface area (Å²) in [6, 6.07) is -0.727. The summed E-state index contributed by atoms with van der Waals surface area (Å²) in [6.07, 6.45) is -4.47. The second-order valence-corrected chi connectivity index (χ2v) is 5.87. The van der Waals surface area contributed by atoms with E-state index in [1.54, 1.807) is 0 Å². The average molecular weight is 352 g/mol. The Morgan fingerprint density at radius 1 is 1.48 bits per heavy atom. The molecule has 23 heavy (non-hydrogen) atoms. The second-order valence-electron chi connectivity index (χ2n) is 4.98. The van der Waals surface area contributed by atoms with Gasteiger partial charge in [0.15, 0.2) is 0 Å². The maximum absolute atomic E-state index is 13.2. The number of nitrogens with zero attached hydrogens (tertiary/aromatic N) is 2. The fraction of sp³-hybridized carbons (Fsp3) is 0.583. The molecule has 11 heteroatoms. The number of nitro groups is 1. The zero-order chi connectivity index (χ0) is 17.0. The molecule has 1 aromatic heterocycles. The second kappa shape index (κ2) is 7.23. The van der Waals surface area contributed by atoms with Crippen molar-refractivity contribution in [2.24, 2.45) is 0 Å². The lowest BCUT2D eigenvalue weighted by Gasteiger charge is -2.35. The predicted octanol–water partition coefficient (Wildman–Crippen LogP) is 1.22. The molecule has 2 rings (SSSR count). The highest BCUT2D eigenvalue weighted by Crippen LogP contribution is 2.25. The van der Waals surface area contributed by atoms with Crippen LogP contribution in [0.15, 0.2) is 11.4 Å². The van der Waals surface area contributed by atoms with Crippen LogP contribution in [-0.2, 0) is 0 Å². The van der Waals surface area contributed by atoms with Gasteiger partial charge in [0, 0.05) is 44.2 Å². The van der Waals surface area contributed by atoms with Crippen molar-refractivity contribution < 1.29 is 22.9 Å². The van der Waals surface area contributed by atoms with E-state index in [1.165, 1.54) is 10.3 Å². The first-order chi connectivity index (χ1) is 10.8. The number of thiophene rings is 1. The smallest absolute Gasteiger partial charge is 0.350 e. The molecule has 0 spiro atoms. The van der Waals surface area contributed by atoms with Crippen LogP contribution in [0.1, 0.15) is 10.4 Å². The summed E-state index contributed by atoms with van der Waals surface area (Å²) in [4.78, 5) is 23.1. The molecule has 0 bridgehead atoms. The Bertz CT molecular complexity index is 572. The van der Waals surface area contributed by atoms with E-state index in [0.29, 0.717) is 13.1 Å². The first-order valence-electron chi connectivity index (χ1n) is 6.81. The number of hydrogen-bond acceptors (Lipinski definition) is 6. The van der Waals surface area contributed by atoms with Gasteiger partial charge in [-0.2, -0.15) is 13.2 Å². The Morgan fingerprint density at radius 2 is 2.13 bits per heavy atom. The van der Waals surface area contributed by atoms with Gasteiger partial charge in [0.1, 0.15) is 6.04 Å². The standard InChI is InChI=1S/C12H15F3N4O3S/c13-12(14,15)9(18-3-1-16-2-4-18)6-17-11(20)8-5-10(19(21)22)23-7-8/h5,7,9,16H,1-4,6H2,(H,17,20). The molecule has 1 saturated heterocycles. The van der Waals surface area contributed by atoms with Gasteiger partial charge in [-0.15, -0.1) is 0 Å². The van der Waals surface area contributed by atoms with Crippen molar-refractivity contribution in [3.05, 3.63) is 27.1 Å².